The van der Waals surface area contributed by atoms with E-state index in [0.29, 0.717) is 18.2 Å². The summed E-state index contributed by atoms with van der Waals surface area (Å²) in [4.78, 5) is 9.28. The van der Waals surface area contributed by atoms with Crippen molar-refractivity contribution in [1.29, 1.82) is 0 Å². The standard InChI is InChI=1S/C34H35N5O/c1-21-4-3-15-35-32(21)23-6-8-24(9-7-23)33-31-17-27(20-36-34(31)39-38-33)26-10-5-22-11-13-28(14-12-25(22)16-26)37-29-18-30(19-29)40-2/h3-10,15-17,20,28-30,37H,11-14,18-19H2,1-2H3,(H,36,38,39)/t28-,29?,30?/m0/s1. The predicted octanol–water partition coefficient (Wildman–Crippen LogP) is 6.68. The van der Waals surface area contributed by atoms with Crippen molar-refractivity contribution in [2.45, 2.75) is 63.6 Å². The Balaban J connectivity index is 1.12. The Bertz CT molecular complexity index is 1650. The van der Waals surface area contributed by atoms with Crippen LogP contribution in [0.4, 0.5) is 0 Å². The van der Waals surface area contributed by atoms with E-state index in [0.717, 1.165) is 64.8 Å². The van der Waals surface area contributed by atoms with Crippen molar-refractivity contribution in [3.8, 4) is 33.6 Å². The smallest absolute Gasteiger partial charge is 0.181 e. The van der Waals surface area contributed by atoms with Crippen LogP contribution in [0.2, 0.25) is 0 Å². The number of hydrogen-bond acceptors (Lipinski definition) is 5. The molecule has 202 valence electrons. The molecule has 0 radical (unpaired) electrons. The summed E-state index contributed by atoms with van der Waals surface area (Å²) in [6.45, 7) is 2.09. The van der Waals surface area contributed by atoms with Gasteiger partial charge in [-0.2, -0.15) is 5.10 Å². The highest BCUT2D eigenvalue weighted by atomic mass is 16.5. The van der Waals surface area contributed by atoms with E-state index < -0.39 is 0 Å². The van der Waals surface area contributed by atoms with Gasteiger partial charge in [-0.3, -0.25) is 10.1 Å². The average molecular weight is 530 g/mol. The molecule has 0 aliphatic heterocycles. The van der Waals surface area contributed by atoms with Gasteiger partial charge in [0.05, 0.1) is 17.5 Å². The summed E-state index contributed by atoms with van der Waals surface area (Å²) in [5.41, 5.74) is 11.4. The number of aromatic amines is 1. The average Bonchev–Trinajstić information content (AvgIpc) is 3.29. The lowest BCUT2D eigenvalue weighted by Crippen LogP contribution is -2.49. The zero-order chi connectivity index (χ0) is 27.1. The maximum absolute atomic E-state index is 5.46. The second kappa shape index (κ2) is 10.6. The van der Waals surface area contributed by atoms with Crippen LogP contribution >= 0.6 is 0 Å². The molecule has 1 atom stereocenters. The van der Waals surface area contributed by atoms with Gasteiger partial charge in [0.1, 0.15) is 0 Å². The van der Waals surface area contributed by atoms with Crippen molar-refractivity contribution < 1.29 is 4.74 Å². The van der Waals surface area contributed by atoms with E-state index >= 15 is 0 Å². The summed E-state index contributed by atoms with van der Waals surface area (Å²) in [5.74, 6) is 0. The predicted molar refractivity (Wildman–Crippen MR) is 160 cm³/mol. The molecule has 2 N–H and O–H groups in total. The molecule has 6 nitrogen and oxygen atoms in total. The number of rotatable bonds is 6. The van der Waals surface area contributed by atoms with Crippen LogP contribution in [0.25, 0.3) is 44.7 Å². The highest BCUT2D eigenvalue weighted by molar-refractivity contribution is 5.93. The van der Waals surface area contributed by atoms with Crippen molar-refractivity contribution >= 4 is 11.0 Å². The van der Waals surface area contributed by atoms with Crippen LogP contribution in [-0.2, 0) is 17.6 Å². The molecule has 6 heteroatoms. The molecule has 5 aromatic rings. The number of ether oxygens (including phenoxy) is 1. The monoisotopic (exact) mass is 529 g/mol. The van der Waals surface area contributed by atoms with E-state index in [1.54, 1.807) is 0 Å². The van der Waals surface area contributed by atoms with Crippen LogP contribution < -0.4 is 5.32 Å². The molecule has 0 amide bonds. The first-order chi connectivity index (χ1) is 19.6. The summed E-state index contributed by atoms with van der Waals surface area (Å²) < 4.78 is 5.46. The number of methoxy groups -OCH3 is 1. The van der Waals surface area contributed by atoms with Crippen LogP contribution in [-0.4, -0.2) is 45.5 Å². The van der Waals surface area contributed by atoms with E-state index in [1.807, 2.05) is 25.6 Å². The summed E-state index contributed by atoms with van der Waals surface area (Å²) in [5, 5.41) is 12.7. The minimum absolute atomic E-state index is 0.444. The molecule has 1 saturated carbocycles. The molecule has 0 bridgehead atoms. The normalized spacial score (nSPS) is 20.6. The van der Waals surface area contributed by atoms with Gasteiger partial charge in [-0.25, -0.2) is 4.98 Å². The first-order valence-electron chi connectivity index (χ1n) is 14.4. The Hall–Kier alpha value is -3.87. The third-order valence-corrected chi connectivity index (χ3v) is 8.83. The van der Waals surface area contributed by atoms with Crippen molar-refractivity contribution in [3.05, 3.63) is 89.7 Å². The fraction of sp³-hybridized carbons (Fsp3) is 0.324. The van der Waals surface area contributed by atoms with Gasteiger partial charge in [0, 0.05) is 53.7 Å². The SMILES string of the molecule is COC1CC(N[C@H]2CCc3ccc(-c4cnc5n[nH]c(-c6ccc(-c7ncccc7C)cc6)c5c4)cc3CC2)C1. The molecule has 0 spiro atoms. The van der Waals surface area contributed by atoms with Crippen LogP contribution in [0.15, 0.2) is 73.1 Å². The third-order valence-electron chi connectivity index (χ3n) is 8.83. The zero-order valence-electron chi connectivity index (χ0n) is 23.2. The zero-order valence-corrected chi connectivity index (χ0v) is 23.2. The minimum atomic E-state index is 0.444. The van der Waals surface area contributed by atoms with Crippen molar-refractivity contribution in [3.63, 3.8) is 0 Å². The quantitative estimate of drug-likeness (QED) is 0.240. The number of hydrogen-bond donors (Lipinski definition) is 2. The molecular weight excluding hydrogens is 494 g/mol. The van der Waals surface area contributed by atoms with E-state index in [-0.39, 0.29) is 0 Å². The Morgan fingerprint density at radius 1 is 0.825 bits per heavy atom. The summed E-state index contributed by atoms with van der Waals surface area (Å²) in [6, 6.07) is 23.0. The van der Waals surface area contributed by atoms with Gasteiger partial charge < -0.3 is 10.1 Å². The Morgan fingerprint density at radius 2 is 1.60 bits per heavy atom. The third kappa shape index (κ3) is 4.82. The lowest BCUT2D eigenvalue weighted by atomic mass is 9.88. The van der Waals surface area contributed by atoms with Gasteiger partial charge in [-0.05, 0) is 79.8 Å². The molecule has 2 aromatic carbocycles. The molecule has 7 rings (SSSR count). The fourth-order valence-electron chi connectivity index (χ4n) is 6.34. The van der Waals surface area contributed by atoms with Gasteiger partial charge in [0.25, 0.3) is 0 Å². The van der Waals surface area contributed by atoms with Crippen LogP contribution in [0.3, 0.4) is 0 Å². The lowest BCUT2D eigenvalue weighted by molar-refractivity contribution is 0.0137. The van der Waals surface area contributed by atoms with Gasteiger partial charge in [0.15, 0.2) is 5.65 Å². The molecule has 3 aromatic heterocycles. The first-order valence-corrected chi connectivity index (χ1v) is 14.4. The minimum Gasteiger partial charge on any atom is -0.381 e. The number of fused-ring (bicyclic) bond motifs is 2. The molecule has 2 aliphatic rings. The van der Waals surface area contributed by atoms with E-state index in [1.165, 1.54) is 35.1 Å². The number of nitrogens with one attached hydrogen (secondary N) is 2. The molecule has 3 heterocycles. The van der Waals surface area contributed by atoms with Crippen LogP contribution in [0, 0.1) is 6.92 Å². The Labute approximate surface area is 235 Å². The number of H-pyrrole nitrogens is 1. The van der Waals surface area contributed by atoms with Crippen molar-refractivity contribution in [1.82, 2.24) is 25.5 Å². The van der Waals surface area contributed by atoms with Crippen molar-refractivity contribution in [2.75, 3.05) is 7.11 Å². The summed E-state index contributed by atoms with van der Waals surface area (Å²) >= 11 is 0. The largest absolute Gasteiger partial charge is 0.381 e. The number of aryl methyl sites for hydroxylation is 3. The number of pyridine rings is 2. The lowest BCUT2D eigenvalue weighted by Gasteiger charge is -2.37. The number of aromatic nitrogens is 4. The van der Waals surface area contributed by atoms with Gasteiger partial charge in [-0.1, -0.05) is 48.5 Å². The summed E-state index contributed by atoms with van der Waals surface area (Å²) in [6.07, 6.45) is 11.1. The van der Waals surface area contributed by atoms with E-state index in [9.17, 15) is 0 Å². The van der Waals surface area contributed by atoms with Gasteiger partial charge in [-0.15, -0.1) is 0 Å². The molecule has 0 unspecified atom stereocenters. The topological polar surface area (TPSA) is 75.7 Å². The van der Waals surface area contributed by atoms with Crippen molar-refractivity contribution in [2.24, 2.45) is 0 Å². The maximum Gasteiger partial charge on any atom is 0.181 e. The Kier molecular flexibility index (Phi) is 6.66. The second-order valence-electron chi connectivity index (χ2n) is 11.4. The van der Waals surface area contributed by atoms with E-state index in [4.69, 9.17) is 9.72 Å². The van der Waals surface area contributed by atoms with Crippen LogP contribution in [0.1, 0.15) is 42.4 Å². The first kappa shape index (κ1) is 25.1. The highest BCUT2D eigenvalue weighted by Gasteiger charge is 2.31. The molecule has 40 heavy (non-hydrogen) atoms. The fourth-order valence-corrected chi connectivity index (χ4v) is 6.34. The number of benzene rings is 2. The van der Waals surface area contributed by atoms with E-state index in [2.05, 4.69) is 82.0 Å². The second-order valence-corrected chi connectivity index (χ2v) is 11.4. The van der Waals surface area contributed by atoms with Gasteiger partial charge in [0.2, 0.25) is 0 Å². The van der Waals surface area contributed by atoms with Gasteiger partial charge >= 0.3 is 0 Å². The summed E-state index contributed by atoms with van der Waals surface area (Å²) in [7, 11) is 1.82. The number of nitrogens with zero attached hydrogens (tertiary/aromatic N) is 3. The maximum atomic E-state index is 5.46. The molecule has 2 aliphatic carbocycles. The molecule has 0 saturated heterocycles. The molecule has 1 fully saturated rings. The highest BCUT2D eigenvalue weighted by Crippen LogP contribution is 2.33. The molecular formula is C34H35N5O. The Morgan fingerprint density at radius 3 is 2.40 bits per heavy atom. The van der Waals surface area contributed by atoms with Crippen LogP contribution in [0.5, 0.6) is 0 Å².